The fraction of sp³-hybridized carbons (Fsp3) is 0.300. The molecule has 5 heteroatoms. The summed E-state index contributed by atoms with van der Waals surface area (Å²) in [5, 5.41) is 2.93. The number of nitrogens with zero attached hydrogens (tertiary/aromatic N) is 1. The largest absolute Gasteiger partial charge is 0.324 e. The highest BCUT2D eigenvalue weighted by Crippen LogP contribution is 2.61. The molecule has 0 aromatic heterocycles. The van der Waals surface area contributed by atoms with Crippen LogP contribution in [0.1, 0.15) is 54.4 Å². The molecule has 5 nitrogen and oxygen atoms in total. The van der Waals surface area contributed by atoms with Crippen molar-refractivity contribution in [1.82, 2.24) is 4.90 Å². The predicted octanol–water partition coefficient (Wildman–Crippen LogP) is 4.93. The Morgan fingerprint density at radius 1 is 0.743 bits per heavy atom. The predicted molar refractivity (Wildman–Crippen MR) is 134 cm³/mol. The SMILES string of the molecule is CC(C)C[C@H](C(=O)Nc1ccccc1)N1C(=O)[C@@H]2C3c4ccccc4C(c4ccccc43)[C@H]2C1=O. The molecule has 3 amide bonds. The molecule has 3 aromatic rings. The Morgan fingerprint density at radius 3 is 1.60 bits per heavy atom. The zero-order valence-corrected chi connectivity index (χ0v) is 19.8. The van der Waals surface area contributed by atoms with Gasteiger partial charge in [-0.1, -0.05) is 80.6 Å². The lowest BCUT2D eigenvalue weighted by Crippen LogP contribution is -2.48. The van der Waals surface area contributed by atoms with Crippen molar-refractivity contribution in [2.45, 2.75) is 38.1 Å². The van der Waals surface area contributed by atoms with Crippen molar-refractivity contribution in [3.8, 4) is 0 Å². The number of amides is 3. The molecule has 0 saturated carbocycles. The molecule has 0 radical (unpaired) electrons. The van der Waals surface area contributed by atoms with Crippen LogP contribution in [0.25, 0.3) is 0 Å². The third-order valence-electron chi connectivity index (χ3n) is 7.83. The van der Waals surface area contributed by atoms with Gasteiger partial charge in [-0.25, -0.2) is 0 Å². The summed E-state index contributed by atoms with van der Waals surface area (Å²) in [6.07, 6.45) is 0.421. The third-order valence-corrected chi connectivity index (χ3v) is 7.83. The van der Waals surface area contributed by atoms with E-state index >= 15 is 0 Å². The summed E-state index contributed by atoms with van der Waals surface area (Å²) in [6, 6.07) is 24.7. The fourth-order valence-corrected chi connectivity index (χ4v) is 6.53. The number of imide groups is 1. The first kappa shape index (κ1) is 21.8. The first-order valence-electron chi connectivity index (χ1n) is 12.4. The average molecular weight is 465 g/mol. The normalized spacial score (nSPS) is 24.7. The number of hydrogen-bond donors (Lipinski definition) is 1. The molecule has 2 bridgehead atoms. The van der Waals surface area contributed by atoms with E-state index in [0.29, 0.717) is 12.1 Å². The molecule has 3 aliphatic carbocycles. The highest BCUT2D eigenvalue weighted by atomic mass is 16.2. The van der Waals surface area contributed by atoms with E-state index in [0.717, 1.165) is 22.3 Å². The van der Waals surface area contributed by atoms with Crippen LogP contribution in [0, 0.1) is 17.8 Å². The number of para-hydroxylation sites is 1. The molecule has 4 aliphatic rings. The molecule has 0 spiro atoms. The summed E-state index contributed by atoms with van der Waals surface area (Å²) in [4.78, 5) is 42.9. The lowest BCUT2D eigenvalue weighted by molar-refractivity contribution is -0.147. The van der Waals surface area contributed by atoms with Gasteiger partial charge in [0.15, 0.2) is 0 Å². The van der Waals surface area contributed by atoms with E-state index in [4.69, 9.17) is 0 Å². The van der Waals surface area contributed by atoms with E-state index < -0.39 is 17.9 Å². The number of carbonyl (C=O) groups excluding carboxylic acids is 3. The Hall–Kier alpha value is -3.73. The average Bonchev–Trinajstić information content (AvgIpc) is 3.13. The quantitative estimate of drug-likeness (QED) is 0.545. The first-order valence-corrected chi connectivity index (χ1v) is 12.4. The molecule has 1 saturated heterocycles. The van der Waals surface area contributed by atoms with Crippen LogP contribution in [-0.2, 0) is 14.4 Å². The van der Waals surface area contributed by atoms with Crippen molar-refractivity contribution >= 4 is 23.4 Å². The maximum absolute atomic E-state index is 14.1. The van der Waals surface area contributed by atoms with E-state index in [-0.39, 0.29) is 35.5 Å². The molecule has 0 unspecified atom stereocenters. The molecule has 1 fully saturated rings. The monoisotopic (exact) mass is 464 g/mol. The van der Waals surface area contributed by atoms with Crippen molar-refractivity contribution in [3.63, 3.8) is 0 Å². The molecular weight excluding hydrogens is 436 g/mol. The maximum Gasteiger partial charge on any atom is 0.247 e. The first-order chi connectivity index (χ1) is 17.0. The Morgan fingerprint density at radius 2 is 1.17 bits per heavy atom. The third kappa shape index (κ3) is 3.25. The summed E-state index contributed by atoms with van der Waals surface area (Å²) in [6.45, 7) is 4.02. The second-order valence-electron chi connectivity index (χ2n) is 10.3. The molecule has 35 heavy (non-hydrogen) atoms. The molecule has 1 heterocycles. The fourth-order valence-electron chi connectivity index (χ4n) is 6.53. The molecule has 1 N–H and O–H groups in total. The Labute approximate surface area is 205 Å². The Bertz CT molecular complexity index is 1220. The van der Waals surface area contributed by atoms with Gasteiger partial charge in [0.05, 0.1) is 11.8 Å². The minimum atomic E-state index is -0.841. The van der Waals surface area contributed by atoms with Crippen LogP contribution in [-0.4, -0.2) is 28.7 Å². The van der Waals surface area contributed by atoms with Crippen molar-refractivity contribution in [3.05, 3.63) is 101 Å². The van der Waals surface area contributed by atoms with E-state index in [1.54, 1.807) is 0 Å². The van der Waals surface area contributed by atoms with Gasteiger partial charge in [-0.15, -0.1) is 0 Å². The van der Waals surface area contributed by atoms with E-state index in [1.165, 1.54) is 4.90 Å². The van der Waals surface area contributed by atoms with Crippen LogP contribution in [0.2, 0.25) is 0 Å². The van der Waals surface area contributed by atoms with Gasteiger partial charge in [0.2, 0.25) is 17.7 Å². The lowest BCUT2D eigenvalue weighted by atomic mass is 9.55. The number of rotatable bonds is 5. The number of hydrogen-bond acceptors (Lipinski definition) is 3. The van der Waals surface area contributed by atoms with Crippen LogP contribution < -0.4 is 5.32 Å². The molecule has 176 valence electrons. The second-order valence-corrected chi connectivity index (χ2v) is 10.3. The van der Waals surface area contributed by atoms with Gasteiger partial charge in [-0.2, -0.15) is 0 Å². The molecular formula is C30H28N2O3. The highest BCUT2D eigenvalue weighted by molar-refractivity contribution is 6.11. The number of benzene rings is 3. The molecule has 3 atom stereocenters. The highest BCUT2D eigenvalue weighted by Gasteiger charge is 2.63. The van der Waals surface area contributed by atoms with Gasteiger partial charge in [-0.05, 0) is 46.7 Å². The van der Waals surface area contributed by atoms with Crippen molar-refractivity contribution in [2.75, 3.05) is 5.32 Å². The summed E-state index contributed by atoms with van der Waals surface area (Å²) in [5.41, 5.74) is 5.19. The maximum atomic E-state index is 14.1. The van der Waals surface area contributed by atoms with Crippen molar-refractivity contribution in [1.29, 1.82) is 0 Å². The van der Waals surface area contributed by atoms with Gasteiger partial charge in [-0.3, -0.25) is 19.3 Å². The van der Waals surface area contributed by atoms with Crippen LogP contribution in [0.4, 0.5) is 5.69 Å². The summed E-state index contributed by atoms with van der Waals surface area (Å²) >= 11 is 0. The summed E-state index contributed by atoms with van der Waals surface area (Å²) < 4.78 is 0. The number of carbonyl (C=O) groups is 3. The zero-order valence-electron chi connectivity index (χ0n) is 19.8. The van der Waals surface area contributed by atoms with Crippen molar-refractivity contribution in [2.24, 2.45) is 17.8 Å². The van der Waals surface area contributed by atoms with Crippen LogP contribution in [0.3, 0.4) is 0 Å². The zero-order chi connectivity index (χ0) is 24.3. The lowest BCUT2D eigenvalue weighted by Gasteiger charge is -2.45. The Kier molecular flexibility index (Phi) is 5.10. The van der Waals surface area contributed by atoms with Crippen LogP contribution in [0.5, 0.6) is 0 Å². The van der Waals surface area contributed by atoms with Crippen LogP contribution in [0.15, 0.2) is 78.9 Å². The number of likely N-dealkylation sites (tertiary alicyclic amines) is 1. The van der Waals surface area contributed by atoms with Gasteiger partial charge in [0.1, 0.15) is 6.04 Å². The van der Waals surface area contributed by atoms with E-state index in [2.05, 4.69) is 29.6 Å². The summed E-state index contributed by atoms with van der Waals surface area (Å²) in [7, 11) is 0. The van der Waals surface area contributed by atoms with Gasteiger partial charge in [0.25, 0.3) is 0 Å². The smallest absolute Gasteiger partial charge is 0.247 e. The molecule has 7 rings (SSSR count). The topological polar surface area (TPSA) is 66.5 Å². The minimum absolute atomic E-state index is 0.135. The van der Waals surface area contributed by atoms with Gasteiger partial charge < -0.3 is 5.32 Å². The van der Waals surface area contributed by atoms with Gasteiger partial charge >= 0.3 is 0 Å². The number of anilines is 1. The standard InChI is InChI=1S/C30H28N2O3/c1-17(2)16-23(28(33)31-18-10-4-3-5-11-18)32-29(34)26-24-19-12-6-7-13-20(19)25(27(26)30(32)35)22-15-9-8-14-21(22)24/h3-15,17,23-27H,16H2,1-2H3,(H,31,33)/t23-,24?,25?,26-,27-/m1/s1. The Balaban J connectivity index is 1.42. The van der Waals surface area contributed by atoms with E-state index in [1.807, 2.05) is 68.4 Å². The van der Waals surface area contributed by atoms with E-state index in [9.17, 15) is 14.4 Å². The van der Waals surface area contributed by atoms with Crippen LogP contribution >= 0.6 is 0 Å². The van der Waals surface area contributed by atoms with Crippen molar-refractivity contribution < 1.29 is 14.4 Å². The number of nitrogens with one attached hydrogen (secondary N) is 1. The summed E-state index contributed by atoms with van der Waals surface area (Å²) in [5.74, 6) is -1.90. The minimum Gasteiger partial charge on any atom is -0.324 e. The second kappa shape index (κ2) is 8.19. The molecule has 3 aromatic carbocycles. The molecule has 1 aliphatic heterocycles. The van der Waals surface area contributed by atoms with Gasteiger partial charge in [0, 0.05) is 17.5 Å².